The number of rotatable bonds is 3. The third-order valence-electron chi connectivity index (χ3n) is 3.53. The maximum Gasteiger partial charge on any atom is 0.253 e. The van der Waals surface area contributed by atoms with Gasteiger partial charge in [-0.15, -0.1) is 0 Å². The van der Waals surface area contributed by atoms with Gasteiger partial charge in [-0.2, -0.15) is 0 Å². The van der Waals surface area contributed by atoms with E-state index in [1.165, 1.54) is 0 Å². The molecule has 0 aliphatic carbocycles. The molecule has 0 aromatic heterocycles. The number of ether oxygens (including phenoxy) is 1. The Bertz CT molecular complexity index is 586. The molecule has 4 nitrogen and oxygen atoms in total. The highest BCUT2D eigenvalue weighted by atomic mass is 16.5. The maximum atomic E-state index is 12.5. The van der Waals surface area contributed by atoms with E-state index >= 15 is 0 Å². The fourth-order valence-electron chi connectivity index (χ4n) is 2.37. The summed E-state index contributed by atoms with van der Waals surface area (Å²) in [7, 11) is 1.82. The first kappa shape index (κ1) is 16.5. The molecule has 1 N–H and O–H groups in total. The summed E-state index contributed by atoms with van der Waals surface area (Å²) in [5.41, 5.74) is 0.300. The maximum absolute atomic E-state index is 12.5. The van der Waals surface area contributed by atoms with Gasteiger partial charge in [0, 0.05) is 37.2 Å². The van der Waals surface area contributed by atoms with Gasteiger partial charge in [0.15, 0.2) is 0 Å². The molecule has 2 rings (SSSR count). The minimum Gasteiger partial charge on any atom is -0.381 e. The van der Waals surface area contributed by atoms with Gasteiger partial charge in [-0.25, -0.2) is 0 Å². The summed E-state index contributed by atoms with van der Waals surface area (Å²) in [4.78, 5) is 14.2. The lowest BCUT2D eigenvalue weighted by molar-refractivity contribution is 0.0766. The van der Waals surface area contributed by atoms with Crippen LogP contribution in [0.3, 0.4) is 0 Å². The smallest absolute Gasteiger partial charge is 0.253 e. The number of amides is 1. The van der Waals surface area contributed by atoms with E-state index in [9.17, 15) is 9.90 Å². The number of nitrogens with zero attached hydrogens (tertiary/aromatic N) is 1. The normalized spacial score (nSPS) is 17.7. The standard InChI is InChI=1S/C18H23NO3/c1-18(2,21)9-7-14-5-4-6-16(11-14)17(20)19(3)12-15-8-10-22-13-15/h4-6,11,15,21H,8,10,12-13H2,1-3H3. The van der Waals surface area contributed by atoms with Crippen molar-refractivity contribution in [3.63, 3.8) is 0 Å². The number of aliphatic hydroxyl groups is 1. The average molecular weight is 301 g/mol. The summed E-state index contributed by atoms with van der Waals surface area (Å²) in [5.74, 6) is 6.07. The summed E-state index contributed by atoms with van der Waals surface area (Å²) in [6.45, 7) is 5.49. The van der Waals surface area contributed by atoms with E-state index in [2.05, 4.69) is 11.8 Å². The third-order valence-corrected chi connectivity index (χ3v) is 3.53. The van der Waals surface area contributed by atoms with Crippen molar-refractivity contribution in [1.82, 2.24) is 4.90 Å². The van der Waals surface area contributed by atoms with Crippen molar-refractivity contribution in [1.29, 1.82) is 0 Å². The molecule has 0 radical (unpaired) electrons. The molecule has 1 saturated heterocycles. The monoisotopic (exact) mass is 301 g/mol. The SMILES string of the molecule is CN(CC1CCOC1)C(=O)c1cccc(C#CC(C)(C)O)c1. The molecule has 1 atom stereocenters. The Hall–Kier alpha value is -1.83. The Labute approximate surface area is 132 Å². The largest absolute Gasteiger partial charge is 0.381 e. The van der Waals surface area contributed by atoms with Crippen molar-refractivity contribution in [3.05, 3.63) is 35.4 Å². The number of hydrogen-bond donors (Lipinski definition) is 1. The van der Waals surface area contributed by atoms with Crippen LogP contribution in [0, 0.1) is 17.8 Å². The molecule has 1 unspecified atom stereocenters. The summed E-state index contributed by atoms with van der Waals surface area (Å²) in [6.07, 6.45) is 1.01. The van der Waals surface area contributed by atoms with Crippen LogP contribution in [0.25, 0.3) is 0 Å². The highest BCUT2D eigenvalue weighted by Gasteiger charge is 2.20. The van der Waals surface area contributed by atoms with Crippen LogP contribution in [0.1, 0.15) is 36.2 Å². The van der Waals surface area contributed by atoms with Gasteiger partial charge in [0.25, 0.3) is 5.91 Å². The Morgan fingerprint density at radius 3 is 2.91 bits per heavy atom. The molecule has 4 heteroatoms. The van der Waals surface area contributed by atoms with Crippen LogP contribution in [0.5, 0.6) is 0 Å². The average Bonchev–Trinajstić information content (AvgIpc) is 2.97. The molecule has 118 valence electrons. The van der Waals surface area contributed by atoms with Gasteiger partial charge in [0.1, 0.15) is 5.60 Å². The lowest BCUT2D eigenvalue weighted by Crippen LogP contribution is -2.32. The van der Waals surface area contributed by atoms with Gasteiger partial charge in [0.2, 0.25) is 0 Å². The molecule has 1 aromatic rings. The number of carbonyl (C=O) groups excluding carboxylic acids is 1. The van der Waals surface area contributed by atoms with Gasteiger partial charge in [-0.3, -0.25) is 4.79 Å². The number of carbonyl (C=O) groups is 1. The summed E-state index contributed by atoms with van der Waals surface area (Å²) >= 11 is 0. The summed E-state index contributed by atoms with van der Waals surface area (Å²) in [5, 5.41) is 9.64. The number of hydrogen-bond acceptors (Lipinski definition) is 3. The molecule has 1 aliphatic rings. The van der Waals surface area contributed by atoms with Gasteiger partial charge in [-0.1, -0.05) is 17.9 Å². The highest BCUT2D eigenvalue weighted by Crippen LogP contribution is 2.15. The van der Waals surface area contributed by atoms with Crippen molar-refractivity contribution in [2.45, 2.75) is 25.9 Å². The van der Waals surface area contributed by atoms with E-state index in [0.29, 0.717) is 18.0 Å². The second-order valence-electron chi connectivity index (χ2n) is 6.31. The molecule has 0 bridgehead atoms. The predicted octanol–water partition coefficient (Wildman–Crippen LogP) is 1.92. The van der Waals surface area contributed by atoms with Crippen LogP contribution in [-0.4, -0.2) is 48.3 Å². The fourth-order valence-corrected chi connectivity index (χ4v) is 2.37. The molecule has 1 heterocycles. The van der Waals surface area contributed by atoms with E-state index in [0.717, 1.165) is 25.2 Å². The predicted molar refractivity (Wildman–Crippen MR) is 85.5 cm³/mol. The third kappa shape index (κ3) is 4.87. The van der Waals surface area contributed by atoms with Gasteiger partial charge in [-0.05, 0) is 38.5 Å². The topological polar surface area (TPSA) is 49.8 Å². The molecule has 0 spiro atoms. The van der Waals surface area contributed by atoms with Crippen LogP contribution < -0.4 is 0 Å². The zero-order valence-corrected chi connectivity index (χ0v) is 13.4. The molecular weight excluding hydrogens is 278 g/mol. The highest BCUT2D eigenvalue weighted by molar-refractivity contribution is 5.94. The van der Waals surface area contributed by atoms with Crippen LogP contribution in [0.15, 0.2) is 24.3 Å². The first-order valence-corrected chi connectivity index (χ1v) is 7.54. The first-order valence-electron chi connectivity index (χ1n) is 7.54. The van der Waals surface area contributed by atoms with E-state index in [1.54, 1.807) is 30.9 Å². The molecule has 0 saturated carbocycles. The lowest BCUT2D eigenvalue weighted by Gasteiger charge is -2.20. The lowest BCUT2D eigenvalue weighted by atomic mass is 10.1. The zero-order chi connectivity index (χ0) is 16.2. The summed E-state index contributed by atoms with van der Waals surface area (Å²) in [6, 6.07) is 7.20. The Balaban J connectivity index is 2.07. The molecule has 1 aliphatic heterocycles. The van der Waals surface area contributed by atoms with E-state index in [-0.39, 0.29) is 5.91 Å². The quantitative estimate of drug-likeness (QED) is 0.868. The first-order chi connectivity index (χ1) is 10.3. The van der Waals surface area contributed by atoms with Gasteiger partial charge in [0.05, 0.1) is 6.61 Å². The van der Waals surface area contributed by atoms with Crippen LogP contribution in [0.2, 0.25) is 0 Å². The molecule has 22 heavy (non-hydrogen) atoms. The second-order valence-corrected chi connectivity index (χ2v) is 6.31. The van der Waals surface area contributed by atoms with Crippen molar-refractivity contribution in [3.8, 4) is 11.8 Å². The Kier molecular flexibility index (Phi) is 5.23. The number of benzene rings is 1. The van der Waals surface area contributed by atoms with Crippen LogP contribution >= 0.6 is 0 Å². The Morgan fingerprint density at radius 2 is 2.27 bits per heavy atom. The summed E-state index contributed by atoms with van der Waals surface area (Å²) < 4.78 is 5.35. The fraction of sp³-hybridized carbons (Fsp3) is 0.500. The van der Waals surface area contributed by atoms with Crippen molar-refractivity contribution >= 4 is 5.91 Å². The van der Waals surface area contributed by atoms with E-state index in [1.807, 2.05) is 19.2 Å². The van der Waals surface area contributed by atoms with Crippen LogP contribution in [-0.2, 0) is 4.74 Å². The second kappa shape index (κ2) is 6.95. The van der Waals surface area contributed by atoms with Crippen molar-refractivity contribution in [2.75, 3.05) is 26.8 Å². The van der Waals surface area contributed by atoms with E-state index < -0.39 is 5.60 Å². The molecule has 1 aromatic carbocycles. The van der Waals surface area contributed by atoms with Gasteiger partial charge < -0.3 is 14.7 Å². The zero-order valence-electron chi connectivity index (χ0n) is 13.4. The van der Waals surface area contributed by atoms with Gasteiger partial charge >= 0.3 is 0 Å². The Morgan fingerprint density at radius 1 is 1.50 bits per heavy atom. The van der Waals surface area contributed by atoms with E-state index in [4.69, 9.17) is 4.74 Å². The van der Waals surface area contributed by atoms with Crippen molar-refractivity contribution in [2.24, 2.45) is 5.92 Å². The molecule has 1 amide bonds. The minimum absolute atomic E-state index is 0.0150. The van der Waals surface area contributed by atoms with Crippen LogP contribution in [0.4, 0.5) is 0 Å². The van der Waals surface area contributed by atoms with Crippen molar-refractivity contribution < 1.29 is 14.6 Å². The molecule has 1 fully saturated rings. The minimum atomic E-state index is -1.04. The molecular formula is C18H23NO3.